The van der Waals surface area contributed by atoms with Crippen molar-refractivity contribution in [3.8, 4) is 11.3 Å². The van der Waals surface area contributed by atoms with Gasteiger partial charge in [0.1, 0.15) is 5.69 Å². The maximum Gasteiger partial charge on any atom is 0.391 e. The molecule has 42 heavy (non-hydrogen) atoms. The third-order valence-corrected chi connectivity index (χ3v) is 8.14. The van der Waals surface area contributed by atoms with Gasteiger partial charge in [0.15, 0.2) is 11.9 Å². The number of carbonyl (C=O) groups excluding carboxylic acids is 2. The van der Waals surface area contributed by atoms with Crippen molar-refractivity contribution in [2.45, 2.75) is 65.1 Å². The Hall–Kier alpha value is -3.31. The smallest absolute Gasteiger partial charge is 0.391 e. The van der Waals surface area contributed by atoms with Gasteiger partial charge < -0.3 is 10.0 Å². The lowest BCUT2D eigenvalue weighted by Gasteiger charge is -2.47. The van der Waals surface area contributed by atoms with Crippen LogP contribution in [0.3, 0.4) is 0 Å². The minimum Gasteiger partial charge on any atom is -0.400 e. The monoisotopic (exact) mass is 589 g/mol. The minimum absolute atomic E-state index is 0.0326. The summed E-state index contributed by atoms with van der Waals surface area (Å²) in [5.74, 6) is -1.49. The summed E-state index contributed by atoms with van der Waals surface area (Å²) in [7, 11) is 3.00. The second-order valence-electron chi connectivity index (χ2n) is 12.0. The van der Waals surface area contributed by atoms with Crippen molar-refractivity contribution in [3.05, 3.63) is 53.3 Å². The lowest BCUT2D eigenvalue weighted by molar-refractivity contribution is -0.207. The van der Waals surface area contributed by atoms with Crippen LogP contribution >= 0.6 is 0 Å². The maximum atomic E-state index is 12.4. The van der Waals surface area contributed by atoms with Crippen LogP contribution < -0.4 is 0 Å². The molecule has 0 atom stereocenters. The molecule has 1 aliphatic heterocycles. The zero-order valence-electron chi connectivity index (χ0n) is 25.4. The SMILES string of the molecule is CN1CCN(C(=O)C2CC(C(F)(F)F)C2)CC1(C)C.CO.Cc1ccc(-c2cc(C(C)C)c3nc(C=O)cn3n2)cc1. The molecule has 1 amide bonds. The largest absolute Gasteiger partial charge is 0.400 e. The first-order valence-electron chi connectivity index (χ1n) is 14.1. The summed E-state index contributed by atoms with van der Waals surface area (Å²) in [6.07, 6.45) is -1.78. The fraction of sp³-hybridized carbons (Fsp3) is 0.548. The van der Waals surface area contributed by atoms with E-state index in [2.05, 4.69) is 66.1 Å². The number of aldehydes is 1. The van der Waals surface area contributed by atoms with Gasteiger partial charge in [0.05, 0.1) is 17.8 Å². The van der Waals surface area contributed by atoms with Crippen LogP contribution in [0.2, 0.25) is 0 Å². The lowest BCUT2D eigenvalue weighted by atomic mass is 9.73. The molecule has 8 nitrogen and oxygen atoms in total. The average molecular weight is 590 g/mol. The molecule has 0 radical (unpaired) electrons. The van der Waals surface area contributed by atoms with Gasteiger partial charge in [0.2, 0.25) is 5.91 Å². The number of piperazine rings is 1. The minimum atomic E-state index is -4.14. The molecule has 1 saturated heterocycles. The topological polar surface area (TPSA) is 91.0 Å². The third-order valence-electron chi connectivity index (χ3n) is 8.14. The summed E-state index contributed by atoms with van der Waals surface area (Å²) >= 11 is 0. The van der Waals surface area contributed by atoms with E-state index < -0.39 is 18.0 Å². The molecular weight excluding hydrogens is 547 g/mol. The highest BCUT2D eigenvalue weighted by Gasteiger charge is 2.51. The van der Waals surface area contributed by atoms with E-state index in [-0.39, 0.29) is 24.3 Å². The van der Waals surface area contributed by atoms with Crippen molar-refractivity contribution >= 4 is 17.8 Å². The average Bonchev–Trinajstić information content (AvgIpc) is 3.33. The van der Waals surface area contributed by atoms with Crippen LogP contribution in [0.5, 0.6) is 0 Å². The number of nitrogens with zero attached hydrogens (tertiary/aromatic N) is 5. The Bertz CT molecular complexity index is 1360. The molecule has 3 aromatic rings. The molecule has 0 unspecified atom stereocenters. The number of benzene rings is 1. The number of aliphatic hydroxyl groups excluding tert-OH is 1. The molecule has 5 rings (SSSR count). The van der Waals surface area contributed by atoms with Crippen molar-refractivity contribution in [1.82, 2.24) is 24.4 Å². The number of aromatic nitrogens is 3. The second-order valence-corrected chi connectivity index (χ2v) is 12.0. The normalized spacial score (nSPS) is 20.2. The van der Waals surface area contributed by atoms with Crippen LogP contribution in [0.15, 0.2) is 36.5 Å². The van der Waals surface area contributed by atoms with Crippen LogP contribution in [-0.4, -0.2) is 87.2 Å². The molecule has 1 aliphatic carbocycles. The number of fused-ring (bicyclic) bond motifs is 1. The summed E-state index contributed by atoms with van der Waals surface area (Å²) in [4.78, 5) is 31.4. The van der Waals surface area contributed by atoms with Gasteiger partial charge >= 0.3 is 6.18 Å². The number of imidazole rings is 1. The highest BCUT2D eigenvalue weighted by molar-refractivity contribution is 5.80. The summed E-state index contributed by atoms with van der Waals surface area (Å²) < 4.78 is 39.0. The van der Waals surface area contributed by atoms with Gasteiger partial charge in [-0.25, -0.2) is 9.50 Å². The van der Waals surface area contributed by atoms with Crippen molar-refractivity contribution in [3.63, 3.8) is 0 Å². The van der Waals surface area contributed by atoms with E-state index in [1.54, 1.807) is 15.6 Å². The van der Waals surface area contributed by atoms with Gasteiger partial charge in [-0.3, -0.25) is 14.5 Å². The number of carbonyl (C=O) groups is 2. The summed E-state index contributed by atoms with van der Waals surface area (Å²) in [6.45, 7) is 12.4. The van der Waals surface area contributed by atoms with E-state index in [0.717, 1.165) is 42.4 Å². The molecule has 230 valence electrons. The molecule has 2 aromatic heterocycles. The maximum absolute atomic E-state index is 12.4. The van der Waals surface area contributed by atoms with Crippen molar-refractivity contribution in [2.75, 3.05) is 33.8 Å². The van der Waals surface area contributed by atoms with Gasteiger partial charge in [0, 0.05) is 49.3 Å². The van der Waals surface area contributed by atoms with Gasteiger partial charge in [-0.05, 0) is 52.6 Å². The highest BCUT2D eigenvalue weighted by Crippen LogP contribution is 2.45. The number of likely N-dealkylation sites (N-methyl/N-ethyl adjacent to an activating group) is 1. The molecular formula is C31H42F3N5O3. The first-order valence-corrected chi connectivity index (χ1v) is 14.1. The Balaban J connectivity index is 0.000000219. The van der Waals surface area contributed by atoms with Crippen molar-refractivity contribution in [2.24, 2.45) is 11.8 Å². The first kappa shape index (κ1) is 33.2. The number of hydrogen-bond donors (Lipinski definition) is 1. The summed E-state index contributed by atoms with van der Waals surface area (Å²) in [5.41, 5.74) is 5.31. The van der Waals surface area contributed by atoms with Gasteiger partial charge in [-0.15, -0.1) is 0 Å². The molecule has 2 fully saturated rings. The summed E-state index contributed by atoms with van der Waals surface area (Å²) in [5, 5.41) is 11.6. The van der Waals surface area contributed by atoms with E-state index in [9.17, 15) is 22.8 Å². The van der Waals surface area contributed by atoms with Gasteiger partial charge in [0.25, 0.3) is 0 Å². The van der Waals surface area contributed by atoms with Crippen LogP contribution in [0.25, 0.3) is 16.9 Å². The molecule has 1 saturated carbocycles. The summed E-state index contributed by atoms with van der Waals surface area (Å²) in [6, 6.07) is 10.3. The zero-order chi connectivity index (χ0) is 31.4. The van der Waals surface area contributed by atoms with Crippen molar-refractivity contribution < 1.29 is 27.9 Å². The Morgan fingerprint density at radius 2 is 1.74 bits per heavy atom. The van der Waals surface area contributed by atoms with Crippen molar-refractivity contribution in [1.29, 1.82) is 0 Å². The number of aryl methyl sites for hydroxylation is 1. The number of amides is 1. The number of alkyl halides is 3. The Morgan fingerprint density at radius 3 is 2.26 bits per heavy atom. The lowest BCUT2D eigenvalue weighted by Crippen LogP contribution is -2.60. The van der Waals surface area contributed by atoms with Crippen LogP contribution in [0, 0.1) is 18.8 Å². The van der Waals surface area contributed by atoms with E-state index in [0.29, 0.717) is 24.7 Å². The molecule has 1 N–H and O–H groups in total. The molecule has 2 aliphatic rings. The van der Waals surface area contributed by atoms with Crippen LogP contribution in [-0.2, 0) is 4.79 Å². The van der Waals surface area contributed by atoms with E-state index in [1.807, 2.05) is 20.9 Å². The van der Waals surface area contributed by atoms with E-state index in [1.165, 1.54) is 5.56 Å². The number of aliphatic hydroxyl groups is 1. The number of rotatable bonds is 4. The highest BCUT2D eigenvalue weighted by atomic mass is 19.4. The number of hydrogen-bond acceptors (Lipinski definition) is 6. The predicted molar refractivity (Wildman–Crippen MR) is 156 cm³/mol. The zero-order valence-corrected chi connectivity index (χ0v) is 25.4. The number of halogens is 3. The molecule has 11 heteroatoms. The van der Waals surface area contributed by atoms with Gasteiger partial charge in [-0.2, -0.15) is 18.3 Å². The fourth-order valence-corrected chi connectivity index (χ4v) is 5.14. The van der Waals surface area contributed by atoms with Crippen LogP contribution in [0.1, 0.15) is 68.1 Å². The molecule has 0 bridgehead atoms. The Morgan fingerprint density at radius 1 is 1.12 bits per heavy atom. The quantitative estimate of drug-likeness (QED) is 0.411. The Labute approximate surface area is 245 Å². The van der Waals surface area contributed by atoms with Gasteiger partial charge in [-0.1, -0.05) is 43.7 Å². The Kier molecular flexibility index (Phi) is 10.5. The first-order chi connectivity index (χ1) is 19.7. The van der Waals surface area contributed by atoms with Crippen LogP contribution in [0.4, 0.5) is 13.2 Å². The fourth-order valence-electron chi connectivity index (χ4n) is 5.14. The third kappa shape index (κ3) is 7.55. The standard InChI is InChI=1S/C17H17N3O.C13H21F3N2O.CH4O/c1-11(2)15-8-16(13-6-4-12(3)5-7-13)19-20-9-14(10-21)18-17(15)20;1-12(2)8-18(5-4-17(12)3)11(19)9-6-10(7-9)13(14,15)16;1-2/h4-11H,1-3H3;9-10H,4-8H2,1-3H3;2H,1H3. The molecule has 1 aromatic carbocycles. The van der Waals surface area contributed by atoms with E-state index in [4.69, 9.17) is 5.11 Å². The predicted octanol–water partition coefficient (Wildman–Crippen LogP) is 5.38. The second kappa shape index (κ2) is 13.3. The molecule has 3 heterocycles. The molecule has 0 spiro atoms. The van der Waals surface area contributed by atoms with E-state index >= 15 is 0 Å².